The van der Waals surface area contributed by atoms with Gasteiger partial charge in [0.1, 0.15) is 5.01 Å². The van der Waals surface area contributed by atoms with Crippen molar-refractivity contribution in [3.8, 4) is 0 Å². The molecule has 5 nitrogen and oxygen atoms in total. The molecule has 3 aromatic rings. The zero-order valence-corrected chi connectivity index (χ0v) is 14.4. The lowest BCUT2D eigenvalue weighted by molar-refractivity contribution is 0.101. The second-order valence-corrected chi connectivity index (χ2v) is 6.57. The van der Waals surface area contributed by atoms with Crippen LogP contribution in [0.2, 0.25) is 0 Å². The van der Waals surface area contributed by atoms with Crippen LogP contribution in [0, 0.1) is 6.92 Å². The van der Waals surface area contributed by atoms with Crippen molar-refractivity contribution in [1.82, 2.24) is 15.2 Å². The summed E-state index contributed by atoms with van der Waals surface area (Å²) in [7, 11) is 0. The molecule has 0 saturated carbocycles. The molecule has 0 radical (unpaired) electrons. The molecular formula is C18H18N4OS. The van der Waals surface area contributed by atoms with E-state index in [-0.39, 0.29) is 5.78 Å². The van der Waals surface area contributed by atoms with Gasteiger partial charge in [-0.15, -0.1) is 10.2 Å². The lowest BCUT2D eigenvalue weighted by atomic mass is 10.1. The monoisotopic (exact) mass is 338 g/mol. The number of carbonyl (C=O) groups is 1. The Hall–Kier alpha value is -2.60. The van der Waals surface area contributed by atoms with Crippen molar-refractivity contribution in [2.45, 2.75) is 26.8 Å². The van der Waals surface area contributed by atoms with E-state index in [4.69, 9.17) is 0 Å². The molecule has 2 heterocycles. The van der Waals surface area contributed by atoms with Gasteiger partial charge in [-0.2, -0.15) is 0 Å². The molecule has 2 aromatic heterocycles. The maximum Gasteiger partial charge on any atom is 0.206 e. The highest BCUT2D eigenvalue weighted by molar-refractivity contribution is 7.15. The quantitative estimate of drug-likeness (QED) is 0.695. The average Bonchev–Trinajstić information content (AvgIpc) is 3.01. The van der Waals surface area contributed by atoms with Gasteiger partial charge in [0, 0.05) is 17.7 Å². The molecule has 6 heteroatoms. The van der Waals surface area contributed by atoms with Crippen LogP contribution in [0.3, 0.4) is 0 Å². The highest BCUT2D eigenvalue weighted by Crippen LogP contribution is 2.19. The number of nitrogens with one attached hydrogen (secondary N) is 1. The van der Waals surface area contributed by atoms with E-state index in [1.54, 1.807) is 18.3 Å². The number of ketones is 1. The lowest BCUT2D eigenvalue weighted by Crippen LogP contribution is -2.05. The normalized spacial score (nSPS) is 10.6. The molecule has 122 valence electrons. The predicted molar refractivity (Wildman–Crippen MR) is 95.5 cm³/mol. The van der Waals surface area contributed by atoms with Crippen molar-refractivity contribution in [2.24, 2.45) is 0 Å². The summed E-state index contributed by atoms with van der Waals surface area (Å²) < 4.78 is 0. The second-order valence-electron chi connectivity index (χ2n) is 5.51. The fraction of sp³-hybridized carbons (Fsp3) is 0.222. The molecule has 1 N–H and O–H groups in total. The zero-order chi connectivity index (χ0) is 16.9. The molecule has 0 aliphatic heterocycles. The third-order valence-corrected chi connectivity index (χ3v) is 4.49. The van der Waals surface area contributed by atoms with Gasteiger partial charge in [0.25, 0.3) is 0 Å². The summed E-state index contributed by atoms with van der Waals surface area (Å²) in [5.74, 6) is 0.0363. The van der Waals surface area contributed by atoms with Gasteiger partial charge < -0.3 is 5.32 Å². The minimum Gasteiger partial charge on any atom is -0.354 e. The van der Waals surface area contributed by atoms with Crippen molar-refractivity contribution in [3.63, 3.8) is 0 Å². The van der Waals surface area contributed by atoms with Crippen LogP contribution in [0.4, 0.5) is 5.13 Å². The van der Waals surface area contributed by atoms with E-state index in [0.717, 1.165) is 27.9 Å². The molecule has 0 fully saturated rings. The van der Waals surface area contributed by atoms with E-state index in [1.807, 2.05) is 37.3 Å². The average molecular weight is 338 g/mol. The molecule has 0 amide bonds. The molecule has 0 saturated heterocycles. The summed E-state index contributed by atoms with van der Waals surface area (Å²) in [5.41, 5.74) is 3.51. The highest BCUT2D eigenvalue weighted by atomic mass is 32.1. The van der Waals surface area contributed by atoms with Gasteiger partial charge in [-0.05, 0) is 31.5 Å². The van der Waals surface area contributed by atoms with Crippen molar-refractivity contribution >= 4 is 22.3 Å². The third kappa shape index (κ3) is 4.02. The summed E-state index contributed by atoms with van der Waals surface area (Å²) in [5, 5.41) is 13.4. The van der Waals surface area contributed by atoms with Crippen LogP contribution < -0.4 is 5.32 Å². The Morgan fingerprint density at radius 1 is 1.12 bits per heavy atom. The number of rotatable bonds is 6. The molecule has 0 spiro atoms. The first kappa shape index (κ1) is 16.3. The van der Waals surface area contributed by atoms with Crippen molar-refractivity contribution in [1.29, 1.82) is 0 Å². The van der Waals surface area contributed by atoms with Gasteiger partial charge in [0.2, 0.25) is 5.13 Å². The van der Waals surface area contributed by atoms with Crippen molar-refractivity contribution in [2.75, 3.05) is 5.32 Å². The molecule has 3 rings (SSSR count). The van der Waals surface area contributed by atoms with E-state index >= 15 is 0 Å². The number of Topliss-reactive ketones (excluding diaryl/α,β-unsaturated/α-hetero) is 1. The van der Waals surface area contributed by atoms with E-state index in [1.165, 1.54) is 5.56 Å². The number of hydrogen-bond acceptors (Lipinski definition) is 6. The van der Waals surface area contributed by atoms with Crippen LogP contribution in [0.5, 0.6) is 0 Å². The maximum atomic E-state index is 11.4. The summed E-state index contributed by atoms with van der Waals surface area (Å²) in [4.78, 5) is 15.9. The smallest absolute Gasteiger partial charge is 0.206 e. The zero-order valence-electron chi connectivity index (χ0n) is 13.6. The van der Waals surface area contributed by atoms with Crippen LogP contribution in [-0.4, -0.2) is 21.0 Å². The summed E-state index contributed by atoms with van der Waals surface area (Å²) in [6.07, 6.45) is 0.783. The van der Waals surface area contributed by atoms with Gasteiger partial charge in [-0.3, -0.25) is 9.78 Å². The van der Waals surface area contributed by atoms with Crippen molar-refractivity contribution in [3.05, 3.63) is 70.0 Å². The Bertz CT molecular complexity index is 845. The Labute approximate surface area is 144 Å². The molecule has 0 aliphatic rings. The third-order valence-electron chi connectivity index (χ3n) is 3.61. The van der Waals surface area contributed by atoms with Gasteiger partial charge in [-0.25, -0.2) is 0 Å². The summed E-state index contributed by atoms with van der Waals surface area (Å²) in [6.45, 7) is 3.96. The summed E-state index contributed by atoms with van der Waals surface area (Å²) >= 11 is 1.54. The summed E-state index contributed by atoms with van der Waals surface area (Å²) in [6, 6.07) is 13.9. The number of benzene rings is 1. The minimum atomic E-state index is 0.0363. The highest BCUT2D eigenvalue weighted by Gasteiger charge is 2.08. The van der Waals surface area contributed by atoms with Crippen LogP contribution in [0.25, 0.3) is 0 Å². The number of pyridine rings is 1. The molecule has 0 aliphatic carbocycles. The van der Waals surface area contributed by atoms with E-state index in [9.17, 15) is 4.79 Å². The number of aryl methyl sites for hydroxylation is 1. The lowest BCUT2D eigenvalue weighted by Gasteiger charge is -2.05. The van der Waals surface area contributed by atoms with Gasteiger partial charge >= 0.3 is 0 Å². The van der Waals surface area contributed by atoms with Crippen LogP contribution in [0.15, 0.2) is 42.5 Å². The van der Waals surface area contributed by atoms with Gasteiger partial charge in [0.15, 0.2) is 5.78 Å². The molecule has 0 bridgehead atoms. The first-order valence-electron chi connectivity index (χ1n) is 7.69. The minimum absolute atomic E-state index is 0.0363. The number of anilines is 1. The number of carbonyl (C=O) groups excluding carboxylic acids is 1. The Balaban J connectivity index is 1.61. The molecule has 1 aromatic carbocycles. The SMILES string of the molecule is CC(=O)c1ccc(CNc2nnc(Cc3ccccc3)s2)nc1C. The van der Waals surface area contributed by atoms with Crippen molar-refractivity contribution < 1.29 is 4.79 Å². The predicted octanol–water partition coefficient (Wildman–Crippen LogP) is 3.65. The molecule has 24 heavy (non-hydrogen) atoms. The standard InChI is InChI=1S/C18H18N4OS/c1-12-16(13(2)23)9-8-15(20-12)11-19-18-22-21-17(24-18)10-14-6-4-3-5-7-14/h3-9H,10-11H2,1-2H3,(H,19,22). The molecular weight excluding hydrogens is 320 g/mol. The first-order chi connectivity index (χ1) is 11.6. The van der Waals surface area contributed by atoms with E-state index in [0.29, 0.717) is 12.1 Å². The second kappa shape index (κ2) is 7.31. The number of aromatic nitrogens is 3. The van der Waals surface area contributed by atoms with Crippen LogP contribution in [0.1, 0.15) is 39.2 Å². The topological polar surface area (TPSA) is 67.8 Å². The maximum absolute atomic E-state index is 11.4. The fourth-order valence-electron chi connectivity index (χ4n) is 2.42. The number of hydrogen-bond donors (Lipinski definition) is 1. The Morgan fingerprint density at radius 3 is 2.62 bits per heavy atom. The first-order valence-corrected chi connectivity index (χ1v) is 8.51. The number of nitrogens with zero attached hydrogens (tertiary/aromatic N) is 3. The van der Waals surface area contributed by atoms with E-state index in [2.05, 4.69) is 32.6 Å². The van der Waals surface area contributed by atoms with Gasteiger partial charge in [0.05, 0.1) is 12.2 Å². The van der Waals surface area contributed by atoms with Crippen LogP contribution in [-0.2, 0) is 13.0 Å². The molecule has 0 unspecified atom stereocenters. The Kier molecular flexibility index (Phi) is 4.96. The fourth-order valence-corrected chi connectivity index (χ4v) is 3.19. The van der Waals surface area contributed by atoms with Crippen LogP contribution >= 0.6 is 11.3 Å². The largest absolute Gasteiger partial charge is 0.354 e. The van der Waals surface area contributed by atoms with Gasteiger partial charge in [-0.1, -0.05) is 41.7 Å². The van der Waals surface area contributed by atoms with E-state index < -0.39 is 0 Å². The Morgan fingerprint density at radius 2 is 1.92 bits per heavy atom. The molecule has 0 atom stereocenters.